The molecule has 1 aromatic rings. The van der Waals surface area contributed by atoms with Crippen molar-refractivity contribution in [2.24, 2.45) is 0 Å². The summed E-state index contributed by atoms with van der Waals surface area (Å²) < 4.78 is 5.87. The van der Waals surface area contributed by atoms with Crippen LogP contribution in [-0.4, -0.2) is 35.7 Å². The molecule has 3 nitrogen and oxygen atoms in total. The molecule has 0 spiro atoms. The van der Waals surface area contributed by atoms with Gasteiger partial charge < -0.3 is 9.84 Å². The largest absolute Gasteiger partial charge is 0.508 e. The van der Waals surface area contributed by atoms with Crippen LogP contribution in [0.3, 0.4) is 0 Å². The number of phenolic OH excluding ortho intramolecular Hbond substituents is 1. The van der Waals surface area contributed by atoms with Gasteiger partial charge in [0, 0.05) is 11.5 Å². The molecule has 1 fully saturated rings. The van der Waals surface area contributed by atoms with E-state index < -0.39 is 0 Å². The van der Waals surface area contributed by atoms with Gasteiger partial charge in [0.1, 0.15) is 18.1 Å². The molecule has 0 saturated carbocycles. The Labute approximate surface area is 108 Å². The molecule has 0 radical (unpaired) electrons. The first-order valence-corrected chi connectivity index (χ1v) is 6.99. The summed E-state index contributed by atoms with van der Waals surface area (Å²) >= 11 is 0. The normalized spacial score (nSPS) is 27.2. The lowest BCUT2D eigenvalue weighted by molar-refractivity contribution is 0.0658. The maximum Gasteiger partial charge on any atom is 0.123 e. The summed E-state index contributed by atoms with van der Waals surface area (Å²) in [5.41, 5.74) is 1.20. The van der Waals surface area contributed by atoms with Gasteiger partial charge in [0.05, 0.1) is 6.04 Å². The van der Waals surface area contributed by atoms with Crippen molar-refractivity contribution in [1.82, 2.24) is 4.90 Å². The highest BCUT2D eigenvalue weighted by Crippen LogP contribution is 2.42. The van der Waals surface area contributed by atoms with Gasteiger partial charge in [-0.05, 0) is 50.6 Å². The minimum absolute atomic E-state index is 0.352. The Bertz CT molecular complexity index is 431. The number of benzene rings is 1. The second kappa shape index (κ2) is 4.81. The fourth-order valence-electron chi connectivity index (χ4n) is 3.41. The highest BCUT2D eigenvalue weighted by Gasteiger charge is 2.37. The fourth-order valence-corrected chi connectivity index (χ4v) is 3.41. The van der Waals surface area contributed by atoms with Crippen LogP contribution in [0, 0.1) is 0 Å². The van der Waals surface area contributed by atoms with Crippen molar-refractivity contribution in [1.29, 1.82) is 0 Å². The van der Waals surface area contributed by atoms with Gasteiger partial charge >= 0.3 is 0 Å². The van der Waals surface area contributed by atoms with Gasteiger partial charge in [-0.3, -0.25) is 4.90 Å². The molecule has 2 aliphatic heterocycles. The second-order valence-corrected chi connectivity index (χ2v) is 5.39. The molecule has 0 amide bonds. The van der Waals surface area contributed by atoms with Gasteiger partial charge in [-0.25, -0.2) is 0 Å². The Morgan fingerprint density at radius 2 is 2.33 bits per heavy atom. The molecule has 1 N–H and O–H groups in total. The number of hydrogen-bond acceptors (Lipinski definition) is 3. The Hall–Kier alpha value is -1.22. The molecular weight excluding hydrogens is 226 g/mol. The zero-order valence-corrected chi connectivity index (χ0v) is 10.9. The molecule has 3 heteroatoms. The summed E-state index contributed by atoms with van der Waals surface area (Å²) in [5.74, 6) is 1.85. The van der Waals surface area contributed by atoms with Crippen LogP contribution in [0.25, 0.3) is 0 Å². The number of likely N-dealkylation sites (tertiary alicyclic amines) is 1. The Morgan fingerprint density at radius 3 is 3.17 bits per heavy atom. The summed E-state index contributed by atoms with van der Waals surface area (Å²) in [5, 5.41) is 9.68. The predicted molar refractivity (Wildman–Crippen MR) is 71.2 cm³/mol. The number of fused-ring (bicyclic) bond motifs is 3. The van der Waals surface area contributed by atoms with E-state index in [4.69, 9.17) is 4.74 Å². The van der Waals surface area contributed by atoms with Crippen LogP contribution in [0.1, 0.15) is 37.7 Å². The molecule has 1 aromatic carbocycles. The summed E-state index contributed by atoms with van der Waals surface area (Å²) in [4.78, 5) is 2.56. The van der Waals surface area contributed by atoms with Crippen molar-refractivity contribution >= 4 is 0 Å². The summed E-state index contributed by atoms with van der Waals surface area (Å²) in [7, 11) is 0. The minimum Gasteiger partial charge on any atom is -0.508 e. The molecule has 2 heterocycles. The number of phenols is 1. The van der Waals surface area contributed by atoms with Crippen molar-refractivity contribution in [2.75, 3.05) is 19.7 Å². The standard InChI is InChI=1S/C15H21NO2/c1-2-7-16-8-3-4-12-13-9-11(17)5-6-15(13)18-10-14(12)16/h5-6,9,12,14,17H,2-4,7-8,10H2,1H3/t12-,14+/m0/s1. The lowest BCUT2D eigenvalue weighted by Crippen LogP contribution is -2.49. The van der Waals surface area contributed by atoms with Crippen LogP contribution >= 0.6 is 0 Å². The first kappa shape index (κ1) is 11.8. The van der Waals surface area contributed by atoms with Crippen molar-refractivity contribution in [2.45, 2.75) is 38.1 Å². The quantitative estimate of drug-likeness (QED) is 0.872. The van der Waals surface area contributed by atoms with Crippen LogP contribution in [0.4, 0.5) is 0 Å². The van der Waals surface area contributed by atoms with Crippen LogP contribution in [0.5, 0.6) is 11.5 Å². The molecule has 0 aromatic heterocycles. The average molecular weight is 247 g/mol. The predicted octanol–water partition coefficient (Wildman–Crippen LogP) is 2.74. The highest BCUT2D eigenvalue weighted by atomic mass is 16.5. The highest BCUT2D eigenvalue weighted by molar-refractivity contribution is 5.44. The maximum absolute atomic E-state index is 9.68. The van der Waals surface area contributed by atoms with E-state index in [0.717, 1.165) is 18.9 Å². The van der Waals surface area contributed by atoms with Gasteiger partial charge in [0.15, 0.2) is 0 Å². The zero-order valence-electron chi connectivity index (χ0n) is 10.9. The van der Waals surface area contributed by atoms with E-state index in [1.54, 1.807) is 6.07 Å². The third-order valence-corrected chi connectivity index (χ3v) is 4.21. The topological polar surface area (TPSA) is 32.7 Å². The van der Waals surface area contributed by atoms with Crippen molar-refractivity contribution in [3.05, 3.63) is 23.8 Å². The number of nitrogens with zero attached hydrogens (tertiary/aromatic N) is 1. The van der Waals surface area contributed by atoms with Crippen molar-refractivity contribution in [3.63, 3.8) is 0 Å². The molecule has 0 aliphatic carbocycles. The first-order valence-electron chi connectivity index (χ1n) is 6.99. The lowest BCUT2D eigenvalue weighted by atomic mass is 9.81. The Kier molecular flexibility index (Phi) is 3.16. The molecule has 1 saturated heterocycles. The molecular formula is C15H21NO2. The molecule has 0 bridgehead atoms. The summed E-state index contributed by atoms with van der Waals surface area (Å²) in [6, 6.07) is 6.00. The van der Waals surface area contributed by atoms with E-state index in [1.807, 2.05) is 12.1 Å². The van der Waals surface area contributed by atoms with Crippen molar-refractivity contribution in [3.8, 4) is 11.5 Å². The molecule has 0 unspecified atom stereocenters. The van der Waals surface area contributed by atoms with E-state index in [9.17, 15) is 5.11 Å². The minimum atomic E-state index is 0.352. The summed E-state index contributed by atoms with van der Waals surface area (Å²) in [6.07, 6.45) is 3.65. The monoisotopic (exact) mass is 247 g/mol. The van der Waals surface area contributed by atoms with Gasteiger partial charge in [-0.2, -0.15) is 0 Å². The SMILES string of the molecule is CCCN1CCC[C@H]2c3cc(O)ccc3OC[C@H]21. The number of hydrogen-bond donors (Lipinski definition) is 1. The van der Waals surface area contributed by atoms with Crippen LogP contribution < -0.4 is 4.74 Å². The summed E-state index contributed by atoms with van der Waals surface area (Å²) in [6.45, 7) is 5.36. The van der Waals surface area contributed by atoms with Gasteiger partial charge in [0.2, 0.25) is 0 Å². The van der Waals surface area contributed by atoms with Crippen LogP contribution in [-0.2, 0) is 0 Å². The molecule has 98 valence electrons. The molecule has 3 rings (SSSR count). The zero-order chi connectivity index (χ0) is 12.5. The van der Waals surface area contributed by atoms with E-state index >= 15 is 0 Å². The van der Waals surface area contributed by atoms with E-state index in [2.05, 4.69) is 11.8 Å². The van der Waals surface area contributed by atoms with E-state index in [0.29, 0.717) is 17.7 Å². The number of piperidine rings is 1. The third-order valence-electron chi connectivity index (χ3n) is 4.21. The maximum atomic E-state index is 9.68. The van der Waals surface area contributed by atoms with Gasteiger partial charge in [-0.15, -0.1) is 0 Å². The molecule has 18 heavy (non-hydrogen) atoms. The smallest absolute Gasteiger partial charge is 0.123 e. The fraction of sp³-hybridized carbons (Fsp3) is 0.600. The molecule has 2 atom stereocenters. The van der Waals surface area contributed by atoms with Crippen LogP contribution in [0.15, 0.2) is 18.2 Å². The lowest BCUT2D eigenvalue weighted by Gasteiger charge is -2.44. The third kappa shape index (κ3) is 1.97. The number of aromatic hydroxyl groups is 1. The Balaban J connectivity index is 1.91. The van der Waals surface area contributed by atoms with E-state index in [1.165, 1.54) is 31.4 Å². The number of rotatable bonds is 2. The van der Waals surface area contributed by atoms with Crippen LogP contribution in [0.2, 0.25) is 0 Å². The first-order chi connectivity index (χ1) is 8.79. The average Bonchev–Trinajstić information content (AvgIpc) is 2.39. The second-order valence-electron chi connectivity index (χ2n) is 5.39. The van der Waals surface area contributed by atoms with Gasteiger partial charge in [0.25, 0.3) is 0 Å². The molecule has 2 aliphatic rings. The number of ether oxygens (including phenoxy) is 1. The van der Waals surface area contributed by atoms with Gasteiger partial charge in [-0.1, -0.05) is 6.92 Å². The van der Waals surface area contributed by atoms with E-state index in [-0.39, 0.29) is 0 Å². The van der Waals surface area contributed by atoms with Crippen molar-refractivity contribution < 1.29 is 9.84 Å². The Morgan fingerprint density at radius 1 is 1.44 bits per heavy atom.